The lowest BCUT2D eigenvalue weighted by atomic mass is 9.98. The van der Waals surface area contributed by atoms with Gasteiger partial charge >= 0.3 is 0 Å². The Morgan fingerprint density at radius 2 is 2.35 bits per heavy atom. The lowest BCUT2D eigenvalue weighted by molar-refractivity contribution is 0.0926. The SMILES string of the molecule is CCc1n[nH]c(CN2CCCC(CNC(=O)c3ccc(Cl)cc3F)C2)n1. The molecule has 1 aromatic carbocycles. The molecule has 0 bridgehead atoms. The van der Waals surface area contributed by atoms with E-state index in [0.29, 0.717) is 12.5 Å². The number of aryl methyl sites for hydroxylation is 1. The van der Waals surface area contributed by atoms with E-state index < -0.39 is 11.7 Å². The molecule has 0 spiro atoms. The van der Waals surface area contributed by atoms with Gasteiger partial charge in [0.25, 0.3) is 5.91 Å². The molecule has 1 unspecified atom stereocenters. The van der Waals surface area contributed by atoms with Crippen LogP contribution in [0.5, 0.6) is 0 Å². The second-order valence-corrected chi connectivity index (χ2v) is 7.07. The van der Waals surface area contributed by atoms with Crippen LogP contribution >= 0.6 is 11.6 Å². The van der Waals surface area contributed by atoms with Gasteiger partial charge in [-0.05, 0) is 43.5 Å². The standard InChI is InChI=1S/C18H23ClFN5O/c1-2-16-22-17(24-23-16)11-25-7-3-4-12(10-25)9-21-18(26)14-6-5-13(19)8-15(14)20/h5-6,8,12H,2-4,7,9-11H2,1H3,(H,21,26)(H,22,23,24). The molecular formula is C18H23ClFN5O. The van der Waals surface area contributed by atoms with Crippen molar-refractivity contribution < 1.29 is 9.18 Å². The van der Waals surface area contributed by atoms with Crippen LogP contribution in [0.15, 0.2) is 18.2 Å². The first kappa shape index (κ1) is 18.8. The number of hydrogen-bond acceptors (Lipinski definition) is 4. The first-order chi connectivity index (χ1) is 12.5. The van der Waals surface area contributed by atoms with Crippen LogP contribution < -0.4 is 5.32 Å². The van der Waals surface area contributed by atoms with Gasteiger partial charge in [0.05, 0.1) is 12.1 Å². The number of halogens is 2. The first-order valence-electron chi connectivity index (χ1n) is 8.91. The quantitative estimate of drug-likeness (QED) is 0.809. The van der Waals surface area contributed by atoms with Crippen molar-refractivity contribution in [1.82, 2.24) is 25.4 Å². The smallest absolute Gasteiger partial charge is 0.254 e. The molecule has 1 atom stereocenters. The zero-order valence-electron chi connectivity index (χ0n) is 14.8. The van der Waals surface area contributed by atoms with E-state index in [1.165, 1.54) is 12.1 Å². The van der Waals surface area contributed by atoms with E-state index in [2.05, 4.69) is 25.4 Å². The number of amides is 1. The van der Waals surface area contributed by atoms with E-state index in [4.69, 9.17) is 11.6 Å². The summed E-state index contributed by atoms with van der Waals surface area (Å²) in [5, 5.41) is 10.3. The molecule has 1 aromatic heterocycles. The van der Waals surface area contributed by atoms with Crippen LogP contribution in [0.2, 0.25) is 5.02 Å². The minimum atomic E-state index is -0.600. The van der Waals surface area contributed by atoms with Gasteiger partial charge in [0.1, 0.15) is 17.5 Å². The molecule has 0 saturated carbocycles. The number of nitrogens with one attached hydrogen (secondary N) is 2. The molecule has 1 saturated heterocycles. The fourth-order valence-electron chi connectivity index (χ4n) is 3.24. The van der Waals surface area contributed by atoms with Gasteiger partial charge in [-0.25, -0.2) is 9.37 Å². The van der Waals surface area contributed by atoms with E-state index >= 15 is 0 Å². The number of aromatic amines is 1. The van der Waals surface area contributed by atoms with Gasteiger partial charge in [-0.2, -0.15) is 5.10 Å². The molecule has 0 radical (unpaired) electrons. The summed E-state index contributed by atoms with van der Waals surface area (Å²) in [6.45, 7) is 5.14. The fourth-order valence-corrected chi connectivity index (χ4v) is 3.40. The Labute approximate surface area is 157 Å². The van der Waals surface area contributed by atoms with E-state index in [1.807, 2.05) is 6.92 Å². The third-order valence-corrected chi connectivity index (χ3v) is 4.83. The Hall–Kier alpha value is -1.99. The Morgan fingerprint density at radius 1 is 1.50 bits per heavy atom. The molecule has 6 nitrogen and oxygen atoms in total. The maximum atomic E-state index is 13.8. The molecule has 3 rings (SSSR count). The summed E-state index contributed by atoms with van der Waals surface area (Å²) in [6.07, 6.45) is 2.91. The maximum Gasteiger partial charge on any atom is 0.254 e. The molecule has 1 amide bonds. The topological polar surface area (TPSA) is 73.9 Å². The van der Waals surface area contributed by atoms with E-state index in [0.717, 1.165) is 56.6 Å². The number of benzene rings is 1. The molecule has 26 heavy (non-hydrogen) atoms. The molecule has 0 aliphatic carbocycles. The van der Waals surface area contributed by atoms with Crippen LogP contribution in [0.25, 0.3) is 0 Å². The molecule has 1 aliphatic heterocycles. The Kier molecular flexibility index (Phi) is 6.21. The van der Waals surface area contributed by atoms with Gasteiger partial charge < -0.3 is 5.32 Å². The van der Waals surface area contributed by atoms with E-state index in [9.17, 15) is 9.18 Å². The van der Waals surface area contributed by atoms with Crippen molar-refractivity contribution in [3.8, 4) is 0 Å². The van der Waals surface area contributed by atoms with Crippen LogP contribution in [-0.4, -0.2) is 45.6 Å². The second-order valence-electron chi connectivity index (χ2n) is 6.63. The first-order valence-corrected chi connectivity index (χ1v) is 9.28. The number of carbonyl (C=O) groups excluding carboxylic acids is 1. The third-order valence-electron chi connectivity index (χ3n) is 4.60. The zero-order chi connectivity index (χ0) is 18.5. The van der Waals surface area contributed by atoms with Gasteiger partial charge in [-0.3, -0.25) is 14.8 Å². The Balaban J connectivity index is 1.51. The summed E-state index contributed by atoms with van der Waals surface area (Å²) in [5.41, 5.74) is 0.0239. The normalized spacial score (nSPS) is 18.0. The number of rotatable bonds is 6. The number of piperidine rings is 1. The lowest BCUT2D eigenvalue weighted by Gasteiger charge is -2.32. The van der Waals surface area contributed by atoms with Crippen molar-refractivity contribution in [3.63, 3.8) is 0 Å². The van der Waals surface area contributed by atoms with Crippen LogP contribution in [0.3, 0.4) is 0 Å². The minimum Gasteiger partial charge on any atom is -0.352 e. The van der Waals surface area contributed by atoms with Crippen LogP contribution in [0.4, 0.5) is 4.39 Å². The molecule has 2 aromatic rings. The van der Waals surface area contributed by atoms with Crippen molar-refractivity contribution >= 4 is 17.5 Å². The van der Waals surface area contributed by atoms with Gasteiger partial charge in [-0.1, -0.05) is 18.5 Å². The third kappa shape index (κ3) is 4.80. The van der Waals surface area contributed by atoms with Crippen LogP contribution in [0.1, 0.15) is 41.8 Å². The fraction of sp³-hybridized carbons (Fsp3) is 0.500. The number of carbonyl (C=O) groups is 1. The van der Waals surface area contributed by atoms with Crippen molar-refractivity contribution in [2.75, 3.05) is 19.6 Å². The molecule has 2 N–H and O–H groups in total. The number of H-pyrrole nitrogens is 1. The van der Waals surface area contributed by atoms with Crippen molar-refractivity contribution in [2.24, 2.45) is 5.92 Å². The highest BCUT2D eigenvalue weighted by Gasteiger charge is 2.22. The van der Waals surface area contributed by atoms with Crippen LogP contribution in [-0.2, 0) is 13.0 Å². The summed E-state index contributed by atoms with van der Waals surface area (Å²) in [5.74, 6) is 1.02. The molecule has 1 aliphatic rings. The zero-order valence-corrected chi connectivity index (χ0v) is 15.5. The lowest BCUT2D eigenvalue weighted by Crippen LogP contribution is -2.40. The maximum absolute atomic E-state index is 13.8. The number of nitrogens with zero attached hydrogens (tertiary/aromatic N) is 3. The van der Waals surface area contributed by atoms with Crippen molar-refractivity contribution in [1.29, 1.82) is 0 Å². The number of aromatic nitrogens is 3. The van der Waals surface area contributed by atoms with Crippen LogP contribution in [0, 0.1) is 11.7 Å². The van der Waals surface area contributed by atoms with Crippen molar-refractivity contribution in [3.05, 3.63) is 46.3 Å². The minimum absolute atomic E-state index is 0.0239. The number of likely N-dealkylation sites (tertiary alicyclic amines) is 1. The monoisotopic (exact) mass is 379 g/mol. The van der Waals surface area contributed by atoms with Gasteiger partial charge in [0.2, 0.25) is 0 Å². The predicted octanol–water partition coefficient (Wildman–Crippen LogP) is 2.80. The van der Waals surface area contributed by atoms with Gasteiger partial charge in [-0.15, -0.1) is 0 Å². The average Bonchev–Trinajstić information content (AvgIpc) is 3.07. The molecule has 1 fully saturated rings. The molecule has 140 valence electrons. The van der Waals surface area contributed by atoms with E-state index in [1.54, 1.807) is 0 Å². The summed E-state index contributed by atoms with van der Waals surface area (Å²) >= 11 is 5.72. The second kappa shape index (κ2) is 8.60. The molecule has 8 heteroatoms. The van der Waals surface area contributed by atoms with Crippen molar-refractivity contribution in [2.45, 2.75) is 32.7 Å². The van der Waals surface area contributed by atoms with E-state index in [-0.39, 0.29) is 10.6 Å². The molecular weight excluding hydrogens is 357 g/mol. The molecule has 2 heterocycles. The number of hydrogen-bond donors (Lipinski definition) is 2. The largest absolute Gasteiger partial charge is 0.352 e. The summed E-state index contributed by atoms with van der Waals surface area (Å²) in [6, 6.07) is 4.08. The highest BCUT2D eigenvalue weighted by atomic mass is 35.5. The highest BCUT2D eigenvalue weighted by molar-refractivity contribution is 6.30. The predicted molar refractivity (Wildman–Crippen MR) is 97.5 cm³/mol. The van der Waals surface area contributed by atoms with Gasteiger partial charge in [0.15, 0.2) is 0 Å². The Bertz CT molecular complexity index is 766. The highest BCUT2D eigenvalue weighted by Crippen LogP contribution is 2.18. The summed E-state index contributed by atoms with van der Waals surface area (Å²) < 4.78 is 13.8. The summed E-state index contributed by atoms with van der Waals surface area (Å²) in [4.78, 5) is 19.0. The van der Waals surface area contributed by atoms with Gasteiger partial charge in [0, 0.05) is 24.5 Å². The average molecular weight is 380 g/mol. The Morgan fingerprint density at radius 3 is 3.08 bits per heavy atom. The summed E-state index contributed by atoms with van der Waals surface area (Å²) in [7, 11) is 0.